The van der Waals surface area contributed by atoms with Crippen molar-refractivity contribution in [3.05, 3.63) is 0 Å². The molecule has 18 heavy (non-hydrogen) atoms. The second-order valence-electron chi connectivity index (χ2n) is 6.18. The van der Waals surface area contributed by atoms with Gasteiger partial charge in [-0.05, 0) is 12.8 Å². The highest BCUT2D eigenvalue weighted by molar-refractivity contribution is 5.82. The first kappa shape index (κ1) is 13.8. The van der Waals surface area contributed by atoms with E-state index in [9.17, 15) is 0 Å². The zero-order valence-corrected chi connectivity index (χ0v) is 11.8. The Morgan fingerprint density at radius 1 is 1.22 bits per heavy atom. The molecule has 0 aromatic rings. The maximum Gasteiger partial charge on any atom is 0.0984 e. The first-order valence-corrected chi connectivity index (χ1v) is 7.54. The average molecular weight is 253 g/mol. The van der Waals surface area contributed by atoms with E-state index >= 15 is 0 Å². The van der Waals surface area contributed by atoms with E-state index in [4.69, 9.17) is 5.73 Å². The topological polar surface area (TPSA) is 50.4 Å². The highest BCUT2D eigenvalue weighted by Crippen LogP contribution is 2.23. The largest absolute Gasteiger partial charge is 0.387 e. The van der Waals surface area contributed by atoms with Crippen molar-refractivity contribution in [2.45, 2.75) is 32.1 Å². The van der Waals surface area contributed by atoms with E-state index < -0.39 is 0 Å². The number of quaternary nitrogens is 1. The fourth-order valence-corrected chi connectivity index (χ4v) is 3.11. The number of hydrogen-bond donors (Lipinski definition) is 2. The Bertz CT molecular complexity index is 276. The van der Waals surface area contributed by atoms with E-state index in [1.807, 2.05) is 0 Å². The molecule has 0 unspecified atom stereocenters. The first-order valence-electron chi connectivity index (χ1n) is 7.54. The normalized spacial score (nSPS) is 26.2. The number of piperazine rings is 1. The van der Waals surface area contributed by atoms with Crippen LogP contribution in [0.2, 0.25) is 0 Å². The molecule has 1 saturated carbocycles. The molecule has 104 valence electrons. The number of hydrogen-bond acceptors (Lipinski definition) is 2. The maximum atomic E-state index is 6.14. The lowest BCUT2D eigenvalue weighted by Gasteiger charge is -2.37. The molecular weight excluding hydrogens is 224 g/mol. The van der Waals surface area contributed by atoms with Crippen molar-refractivity contribution in [3.63, 3.8) is 0 Å². The van der Waals surface area contributed by atoms with Crippen molar-refractivity contribution in [2.75, 3.05) is 46.3 Å². The lowest BCUT2D eigenvalue weighted by atomic mass is 9.88. The van der Waals surface area contributed by atoms with Crippen LogP contribution in [0.5, 0.6) is 0 Å². The van der Waals surface area contributed by atoms with Gasteiger partial charge in [0.2, 0.25) is 0 Å². The predicted molar refractivity (Wildman–Crippen MR) is 76.7 cm³/mol. The van der Waals surface area contributed by atoms with Gasteiger partial charge in [0.05, 0.1) is 39.1 Å². The lowest BCUT2D eigenvalue weighted by molar-refractivity contribution is -0.909. The van der Waals surface area contributed by atoms with Gasteiger partial charge in [0.1, 0.15) is 0 Å². The average Bonchev–Trinajstić information content (AvgIpc) is 2.40. The van der Waals surface area contributed by atoms with Gasteiger partial charge >= 0.3 is 0 Å². The zero-order valence-electron chi connectivity index (χ0n) is 11.8. The molecule has 4 heteroatoms. The number of nitrogens with one attached hydrogen (secondary N) is 1. The van der Waals surface area contributed by atoms with Crippen LogP contribution in [-0.2, 0) is 0 Å². The molecule has 0 spiro atoms. The molecule has 0 amide bonds. The number of rotatable bonds is 4. The van der Waals surface area contributed by atoms with Crippen LogP contribution in [0.15, 0.2) is 4.99 Å². The van der Waals surface area contributed by atoms with E-state index in [-0.39, 0.29) is 0 Å². The van der Waals surface area contributed by atoms with Crippen molar-refractivity contribution in [3.8, 4) is 0 Å². The molecule has 1 heterocycles. The second kappa shape index (κ2) is 6.53. The molecule has 0 radical (unpaired) electrons. The summed E-state index contributed by atoms with van der Waals surface area (Å²) in [5, 5.41) is 3.41. The summed E-state index contributed by atoms with van der Waals surface area (Å²) in [6.45, 7) is 6.75. The molecule has 3 N–H and O–H groups in total. The third-order valence-corrected chi connectivity index (χ3v) is 4.61. The van der Waals surface area contributed by atoms with Gasteiger partial charge in [0, 0.05) is 19.0 Å². The highest BCUT2D eigenvalue weighted by atomic mass is 15.4. The number of nitrogens with two attached hydrogens (primary N) is 1. The van der Waals surface area contributed by atoms with Crippen LogP contribution in [0.1, 0.15) is 32.1 Å². The monoisotopic (exact) mass is 253 g/mol. The van der Waals surface area contributed by atoms with E-state index in [2.05, 4.69) is 17.4 Å². The van der Waals surface area contributed by atoms with Crippen LogP contribution < -0.4 is 11.1 Å². The fourth-order valence-electron chi connectivity index (χ4n) is 3.11. The zero-order chi connectivity index (χ0) is 12.8. The molecule has 0 bridgehead atoms. The Labute approximate surface area is 111 Å². The molecular formula is C14H29N4+. The van der Waals surface area contributed by atoms with E-state index in [1.165, 1.54) is 45.2 Å². The summed E-state index contributed by atoms with van der Waals surface area (Å²) in [5.41, 5.74) is 6.14. The molecule has 4 nitrogen and oxygen atoms in total. The first-order chi connectivity index (χ1) is 8.70. The highest BCUT2D eigenvalue weighted by Gasteiger charge is 2.24. The third-order valence-electron chi connectivity index (χ3n) is 4.61. The van der Waals surface area contributed by atoms with Gasteiger partial charge < -0.3 is 15.5 Å². The molecule has 0 atom stereocenters. The Hall–Kier alpha value is -0.610. The summed E-state index contributed by atoms with van der Waals surface area (Å²) in [6, 6.07) is 0. The number of amidine groups is 1. The van der Waals surface area contributed by atoms with Crippen LogP contribution in [0.4, 0.5) is 0 Å². The Balaban J connectivity index is 1.75. The van der Waals surface area contributed by atoms with Crippen LogP contribution in [0.3, 0.4) is 0 Å². The third kappa shape index (κ3) is 3.95. The molecule has 2 fully saturated rings. The molecule has 1 aliphatic heterocycles. The molecule has 1 aliphatic carbocycles. The SMILES string of the molecule is C[N+]1(CCN=C(N)C2CCCCC2)CCNCC1. The lowest BCUT2D eigenvalue weighted by Crippen LogP contribution is -2.57. The van der Waals surface area contributed by atoms with Crippen LogP contribution in [0, 0.1) is 5.92 Å². The molecule has 1 saturated heterocycles. The summed E-state index contributed by atoms with van der Waals surface area (Å²) >= 11 is 0. The van der Waals surface area contributed by atoms with E-state index in [1.54, 1.807) is 0 Å². The van der Waals surface area contributed by atoms with E-state index in [0.717, 1.165) is 36.5 Å². The van der Waals surface area contributed by atoms with Gasteiger partial charge in [0.15, 0.2) is 0 Å². The minimum Gasteiger partial charge on any atom is -0.387 e. The predicted octanol–water partition coefficient (Wildman–Crippen LogP) is 0.974. The van der Waals surface area contributed by atoms with Crippen molar-refractivity contribution in [2.24, 2.45) is 16.6 Å². The second-order valence-corrected chi connectivity index (χ2v) is 6.18. The van der Waals surface area contributed by atoms with Gasteiger partial charge in [-0.15, -0.1) is 0 Å². The quantitative estimate of drug-likeness (QED) is 0.446. The van der Waals surface area contributed by atoms with Gasteiger partial charge in [0.25, 0.3) is 0 Å². The Morgan fingerprint density at radius 2 is 1.89 bits per heavy atom. The molecule has 0 aromatic carbocycles. The van der Waals surface area contributed by atoms with Crippen LogP contribution in [-0.4, -0.2) is 56.6 Å². The van der Waals surface area contributed by atoms with Gasteiger partial charge in [-0.2, -0.15) is 0 Å². The summed E-state index contributed by atoms with van der Waals surface area (Å²) in [7, 11) is 2.34. The summed E-state index contributed by atoms with van der Waals surface area (Å²) in [4.78, 5) is 4.65. The molecule has 2 aliphatic rings. The summed E-state index contributed by atoms with van der Waals surface area (Å²) in [6.07, 6.45) is 6.56. The van der Waals surface area contributed by atoms with Gasteiger partial charge in [-0.25, -0.2) is 0 Å². The number of aliphatic imine (C=N–C) groups is 1. The minimum atomic E-state index is 0.576. The molecule has 0 aromatic heterocycles. The summed E-state index contributed by atoms with van der Waals surface area (Å²) < 4.78 is 1.15. The maximum absolute atomic E-state index is 6.14. The smallest absolute Gasteiger partial charge is 0.0984 e. The van der Waals surface area contributed by atoms with Crippen molar-refractivity contribution >= 4 is 5.84 Å². The Morgan fingerprint density at radius 3 is 2.56 bits per heavy atom. The van der Waals surface area contributed by atoms with Crippen molar-refractivity contribution in [1.82, 2.24) is 5.32 Å². The van der Waals surface area contributed by atoms with Gasteiger partial charge in [-0.1, -0.05) is 19.3 Å². The standard InChI is InChI=1S/C14H29N4/c1-18(10-7-16-8-11-18)12-9-17-14(15)13-5-3-2-4-6-13/h13,16H,2-12H2,1H3,(H2,15,17)/q+1. The van der Waals surface area contributed by atoms with Crippen LogP contribution >= 0.6 is 0 Å². The Kier molecular flexibility index (Phi) is 5.01. The fraction of sp³-hybridized carbons (Fsp3) is 0.929. The van der Waals surface area contributed by atoms with E-state index in [0.29, 0.717) is 5.92 Å². The molecule has 2 rings (SSSR count). The van der Waals surface area contributed by atoms with Crippen molar-refractivity contribution < 1.29 is 4.48 Å². The number of nitrogens with zero attached hydrogens (tertiary/aromatic N) is 2. The van der Waals surface area contributed by atoms with Crippen LogP contribution in [0.25, 0.3) is 0 Å². The van der Waals surface area contributed by atoms with Gasteiger partial charge in [-0.3, -0.25) is 4.99 Å². The number of likely N-dealkylation sites (N-methyl/N-ethyl adjacent to an activating group) is 1. The minimum absolute atomic E-state index is 0.576. The summed E-state index contributed by atoms with van der Waals surface area (Å²) in [5.74, 6) is 1.50. The van der Waals surface area contributed by atoms with Crippen molar-refractivity contribution in [1.29, 1.82) is 0 Å².